The standard InChI is InChI=1S/C17H15NO2S/c1-20-12-18-15-10-6-5-7-13(15)11-16(17(18)19)21-14-8-3-2-4-9-14/h2-11H,12H2,1H3. The fourth-order valence-corrected chi connectivity index (χ4v) is 3.18. The summed E-state index contributed by atoms with van der Waals surface area (Å²) in [5.74, 6) is 0. The van der Waals surface area contributed by atoms with Crippen molar-refractivity contribution in [2.75, 3.05) is 7.11 Å². The summed E-state index contributed by atoms with van der Waals surface area (Å²) in [5.41, 5.74) is 0.867. The van der Waals surface area contributed by atoms with Crippen molar-refractivity contribution in [1.29, 1.82) is 0 Å². The molecule has 0 fully saturated rings. The van der Waals surface area contributed by atoms with Crippen LogP contribution in [0.15, 0.2) is 75.2 Å². The highest BCUT2D eigenvalue weighted by molar-refractivity contribution is 7.99. The molecule has 0 N–H and O–H groups in total. The van der Waals surface area contributed by atoms with E-state index in [4.69, 9.17) is 4.74 Å². The average molecular weight is 297 g/mol. The van der Waals surface area contributed by atoms with Gasteiger partial charge < -0.3 is 4.74 Å². The van der Waals surface area contributed by atoms with Crippen molar-refractivity contribution < 1.29 is 4.74 Å². The number of nitrogens with zero attached hydrogens (tertiary/aromatic N) is 1. The summed E-state index contributed by atoms with van der Waals surface area (Å²) >= 11 is 1.48. The van der Waals surface area contributed by atoms with E-state index in [1.54, 1.807) is 11.7 Å². The third-order valence-electron chi connectivity index (χ3n) is 3.20. The van der Waals surface area contributed by atoms with Crippen molar-refractivity contribution in [3.05, 3.63) is 71.0 Å². The molecular weight excluding hydrogens is 282 g/mol. The Balaban J connectivity index is 2.15. The second kappa shape index (κ2) is 6.16. The smallest absolute Gasteiger partial charge is 0.266 e. The van der Waals surface area contributed by atoms with Gasteiger partial charge in [-0.1, -0.05) is 48.2 Å². The number of benzene rings is 2. The van der Waals surface area contributed by atoms with Crippen molar-refractivity contribution in [3.8, 4) is 0 Å². The summed E-state index contributed by atoms with van der Waals surface area (Å²) < 4.78 is 6.84. The maximum Gasteiger partial charge on any atom is 0.266 e. The van der Waals surface area contributed by atoms with Gasteiger partial charge in [0, 0.05) is 12.0 Å². The van der Waals surface area contributed by atoms with E-state index in [1.165, 1.54) is 11.8 Å². The summed E-state index contributed by atoms with van der Waals surface area (Å²) in [6, 6.07) is 19.7. The number of para-hydroxylation sites is 1. The van der Waals surface area contributed by atoms with Crippen molar-refractivity contribution >= 4 is 22.7 Å². The van der Waals surface area contributed by atoms with E-state index in [0.29, 0.717) is 4.90 Å². The molecule has 3 aromatic rings. The molecule has 0 atom stereocenters. The van der Waals surface area contributed by atoms with Crippen LogP contribution in [-0.2, 0) is 11.5 Å². The highest BCUT2D eigenvalue weighted by Crippen LogP contribution is 2.27. The first-order chi connectivity index (χ1) is 10.3. The number of fused-ring (bicyclic) bond motifs is 1. The lowest BCUT2D eigenvalue weighted by molar-refractivity contribution is 0.131. The van der Waals surface area contributed by atoms with Gasteiger partial charge in [-0.2, -0.15) is 0 Å². The number of pyridine rings is 1. The van der Waals surface area contributed by atoms with Gasteiger partial charge in [0.15, 0.2) is 0 Å². The third kappa shape index (κ3) is 2.86. The predicted octanol–water partition coefficient (Wildman–Crippen LogP) is 3.76. The Morgan fingerprint density at radius 1 is 1.05 bits per heavy atom. The monoisotopic (exact) mass is 297 g/mol. The normalized spacial score (nSPS) is 10.9. The Morgan fingerprint density at radius 2 is 1.76 bits per heavy atom. The minimum Gasteiger partial charge on any atom is -0.364 e. The van der Waals surface area contributed by atoms with E-state index in [0.717, 1.165) is 15.8 Å². The van der Waals surface area contributed by atoms with Crippen LogP contribution in [0.3, 0.4) is 0 Å². The minimum absolute atomic E-state index is 0.0237. The van der Waals surface area contributed by atoms with E-state index < -0.39 is 0 Å². The molecule has 0 bridgehead atoms. The number of methoxy groups -OCH3 is 1. The number of aromatic nitrogens is 1. The molecule has 2 aromatic carbocycles. The third-order valence-corrected chi connectivity index (χ3v) is 4.22. The van der Waals surface area contributed by atoms with E-state index in [9.17, 15) is 4.79 Å². The fourth-order valence-electron chi connectivity index (χ4n) is 2.25. The number of rotatable bonds is 4. The van der Waals surface area contributed by atoms with Gasteiger partial charge in [0.2, 0.25) is 0 Å². The maximum absolute atomic E-state index is 12.6. The Labute approximate surface area is 127 Å². The summed E-state index contributed by atoms with van der Waals surface area (Å²) in [5, 5.41) is 1.03. The zero-order chi connectivity index (χ0) is 14.7. The van der Waals surface area contributed by atoms with Crippen molar-refractivity contribution in [2.24, 2.45) is 0 Å². The van der Waals surface area contributed by atoms with Crippen LogP contribution in [0.2, 0.25) is 0 Å². The van der Waals surface area contributed by atoms with Crippen LogP contribution < -0.4 is 5.56 Å². The van der Waals surface area contributed by atoms with Crippen molar-refractivity contribution in [1.82, 2.24) is 4.57 Å². The molecule has 3 rings (SSSR count). The summed E-state index contributed by atoms with van der Waals surface area (Å²) in [4.78, 5) is 14.4. The Morgan fingerprint density at radius 3 is 2.52 bits per heavy atom. The van der Waals surface area contributed by atoms with Crippen LogP contribution in [0, 0.1) is 0 Å². The van der Waals surface area contributed by atoms with Gasteiger partial charge in [-0.15, -0.1) is 0 Å². The Bertz CT molecular complexity index is 812. The Hall–Kier alpha value is -2.04. The molecule has 0 unspecified atom stereocenters. The highest BCUT2D eigenvalue weighted by Gasteiger charge is 2.10. The molecule has 0 spiro atoms. The summed E-state index contributed by atoms with van der Waals surface area (Å²) in [6.45, 7) is 0.253. The van der Waals surface area contributed by atoms with Gasteiger partial charge in [-0.3, -0.25) is 9.36 Å². The summed E-state index contributed by atoms with van der Waals surface area (Å²) in [6.07, 6.45) is 0. The number of hydrogen-bond donors (Lipinski definition) is 0. The molecule has 1 heterocycles. The lowest BCUT2D eigenvalue weighted by atomic mass is 10.2. The first-order valence-electron chi connectivity index (χ1n) is 6.64. The highest BCUT2D eigenvalue weighted by atomic mass is 32.2. The van der Waals surface area contributed by atoms with Crippen LogP contribution in [0.25, 0.3) is 10.9 Å². The van der Waals surface area contributed by atoms with Crippen LogP contribution in [-0.4, -0.2) is 11.7 Å². The van der Waals surface area contributed by atoms with Crippen molar-refractivity contribution in [2.45, 2.75) is 16.5 Å². The first kappa shape index (κ1) is 13.9. The van der Waals surface area contributed by atoms with Gasteiger partial charge in [0.1, 0.15) is 6.73 Å². The zero-order valence-corrected chi connectivity index (χ0v) is 12.5. The molecular formula is C17H15NO2S. The molecule has 0 radical (unpaired) electrons. The second-order valence-electron chi connectivity index (χ2n) is 4.63. The van der Waals surface area contributed by atoms with Crippen LogP contribution in [0.1, 0.15) is 0 Å². The topological polar surface area (TPSA) is 31.2 Å². The van der Waals surface area contributed by atoms with E-state index in [1.807, 2.05) is 60.7 Å². The second-order valence-corrected chi connectivity index (χ2v) is 5.75. The largest absolute Gasteiger partial charge is 0.364 e. The molecule has 3 nitrogen and oxygen atoms in total. The lowest BCUT2D eigenvalue weighted by Crippen LogP contribution is -2.22. The lowest BCUT2D eigenvalue weighted by Gasteiger charge is -2.11. The Kier molecular flexibility index (Phi) is 4.08. The van der Waals surface area contributed by atoms with Crippen LogP contribution in [0.5, 0.6) is 0 Å². The zero-order valence-electron chi connectivity index (χ0n) is 11.7. The molecule has 0 aliphatic heterocycles. The van der Waals surface area contributed by atoms with E-state index in [2.05, 4.69) is 0 Å². The van der Waals surface area contributed by atoms with Crippen LogP contribution in [0.4, 0.5) is 0 Å². The summed E-state index contributed by atoms with van der Waals surface area (Å²) in [7, 11) is 1.60. The molecule has 4 heteroatoms. The molecule has 0 saturated heterocycles. The molecule has 21 heavy (non-hydrogen) atoms. The predicted molar refractivity (Wildman–Crippen MR) is 85.8 cm³/mol. The van der Waals surface area contributed by atoms with Gasteiger partial charge >= 0.3 is 0 Å². The van der Waals surface area contributed by atoms with Gasteiger partial charge in [-0.05, 0) is 29.7 Å². The fraction of sp³-hybridized carbons (Fsp3) is 0.118. The van der Waals surface area contributed by atoms with Gasteiger partial charge in [-0.25, -0.2) is 0 Å². The van der Waals surface area contributed by atoms with E-state index >= 15 is 0 Å². The average Bonchev–Trinajstić information content (AvgIpc) is 2.52. The minimum atomic E-state index is -0.0237. The van der Waals surface area contributed by atoms with E-state index in [-0.39, 0.29) is 12.3 Å². The molecule has 0 aliphatic rings. The molecule has 106 valence electrons. The van der Waals surface area contributed by atoms with Crippen LogP contribution >= 0.6 is 11.8 Å². The van der Waals surface area contributed by atoms with Gasteiger partial charge in [0.25, 0.3) is 5.56 Å². The van der Waals surface area contributed by atoms with Crippen molar-refractivity contribution in [3.63, 3.8) is 0 Å². The molecule has 0 saturated carbocycles. The number of hydrogen-bond acceptors (Lipinski definition) is 3. The molecule has 0 aliphatic carbocycles. The quantitative estimate of drug-likeness (QED) is 0.735. The maximum atomic E-state index is 12.6. The number of ether oxygens (including phenoxy) is 1. The van der Waals surface area contributed by atoms with Gasteiger partial charge in [0.05, 0.1) is 10.4 Å². The molecule has 1 aromatic heterocycles. The first-order valence-corrected chi connectivity index (χ1v) is 7.45. The molecule has 0 amide bonds. The SMILES string of the molecule is COCn1c(=O)c(Sc2ccccc2)cc2ccccc21.